The van der Waals surface area contributed by atoms with Crippen molar-refractivity contribution in [3.63, 3.8) is 0 Å². The van der Waals surface area contributed by atoms with E-state index in [4.69, 9.17) is 4.74 Å². The van der Waals surface area contributed by atoms with Crippen LogP contribution in [-0.4, -0.2) is 28.6 Å². The van der Waals surface area contributed by atoms with Crippen LogP contribution in [0.15, 0.2) is 18.2 Å². The molecule has 0 heterocycles. The number of carbonyl (C=O) groups excluding carboxylic acids is 1. The van der Waals surface area contributed by atoms with Gasteiger partial charge in [-0.25, -0.2) is 0 Å². The molecular formula is C17H23F2NO3. The SMILES string of the molecule is Cc1c(COC(C)C)cccc1NC(=O)C(F)(F)C1(O)CCC1. The van der Waals surface area contributed by atoms with Crippen molar-refractivity contribution >= 4 is 11.6 Å². The average Bonchev–Trinajstić information content (AvgIpc) is 2.45. The lowest BCUT2D eigenvalue weighted by molar-refractivity contribution is -0.212. The Bertz CT molecular complexity index is 583. The molecule has 0 bridgehead atoms. The molecule has 6 heteroatoms. The third-order valence-electron chi connectivity index (χ3n) is 4.32. The molecule has 0 aliphatic heterocycles. The van der Waals surface area contributed by atoms with Gasteiger partial charge in [-0.05, 0) is 57.2 Å². The van der Waals surface area contributed by atoms with Crippen LogP contribution in [-0.2, 0) is 16.1 Å². The monoisotopic (exact) mass is 327 g/mol. The molecule has 0 spiro atoms. The summed E-state index contributed by atoms with van der Waals surface area (Å²) in [7, 11) is 0. The Hall–Kier alpha value is -1.53. The van der Waals surface area contributed by atoms with Gasteiger partial charge >= 0.3 is 5.92 Å². The third kappa shape index (κ3) is 3.53. The van der Waals surface area contributed by atoms with Crippen LogP contribution in [0.1, 0.15) is 44.2 Å². The summed E-state index contributed by atoms with van der Waals surface area (Å²) in [5.74, 6) is -5.27. The van der Waals surface area contributed by atoms with Crippen molar-refractivity contribution in [1.29, 1.82) is 0 Å². The van der Waals surface area contributed by atoms with E-state index in [2.05, 4.69) is 5.32 Å². The molecule has 1 aliphatic carbocycles. The number of alkyl halides is 2. The number of aliphatic hydroxyl groups is 1. The predicted octanol–water partition coefficient (Wildman–Crippen LogP) is 3.41. The van der Waals surface area contributed by atoms with Crippen LogP contribution in [0.5, 0.6) is 0 Å². The van der Waals surface area contributed by atoms with E-state index in [1.54, 1.807) is 19.1 Å². The number of hydrogen-bond donors (Lipinski definition) is 2. The van der Waals surface area contributed by atoms with Gasteiger partial charge in [0.05, 0.1) is 12.7 Å². The first-order valence-corrected chi connectivity index (χ1v) is 7.79. The topological polar surface area (TPSA) is 58.6 Å². The van der Waals surface area contributed by atoms with E-state index in [-0.39, 0.29) is 18.9 Å². The molecule has 128 valence electrons. The lowest BCUT2D eigenvalue weighted by atomic mass is 9.75. The number of anilines is 1. The summed E-state index contributed by atoms with van der Waals surface area (Å²) >= 11 is 0. The molecule has 1 aromatic carbocycles. The van der Waals surface area contributed by atoms with E-state index in [0.29, 0.717) is 24.3 Å². The zero-order valence-electron chi connectivity index (χ0n) is 13.7. The number of nitrogens with one attached hydrogen (secondary N) is 1. The van der Waals surface area contributed by atoms with Gasteiger partial charge in [0.1, 0.15) is 5.60 Å². The van der Waals surface area contributed by atoms with Crippen molar-refractivity contribution in [2.24, 2.45) is 0 Å². The van der Waals surface area contributed by atoms with Gasteiger partial charge in [-0.3, -0.25) is 4.79 Å². The standard InChI is InChI=1S/C17H23F2NO3/c1-11(2)23-10-13-6-4-7-14(12(13)3)20-15(21)17(18,19)16(22)8-5-9-16/h4,6-7,11,22H,5,8-10H2,1-3H3,(H,20,21). The van der Waals surface area contributed by atoms with E-state index in [1.807, 2.05) is 19.9 Å². The van der Waals surface area contributed by atoms with Crippen molar-refractivity contribution in [1.82, 2.24) is 0 Å². The fraction of sp³-hybridized carbons (Fsp3) is 0.588. The van der Waals surface area contributed by atoms with Gasteiger partial charge in [0.25, 0.3) is 5.91 Å². The predicted molar refractivity (Wildman–Crippen MR) is 83.5 cm³/mol. The van der Waals surface area contributed by atoms with Crippen LogP contribution in [0.25, 0.3) is 0 Å². The van der Waals surface area contributed by atoms with E-state index in [1.165, 1.54) is 0 Å². The smallest absolute Gasteiger partial charge is 0.352 e. The van der Waals surface area contributed by atoms with Crippen LogP contribution in [0, 0.1) is 6.92 Å². The molecule has 4 nitrogen and oxygen atoms in total. The van der Waals surface area contributed by atoms with E-state index < -0.39 is 17.4 Å². The third-order valence-corrected chi connectivity index (χ3v) is 4.32. The first kappa shape index (κ1) is 17.8. The molecule has 0 radical (unpaired) electrons. The molecule has 1 aliphatic rings. The van der Waals surface area contributed by atoms with Gasteiger partial charge in [-0.15, -0.1) is 0 Å². The number of amides is 1. The molecule has 1 aromatic rings. The zero-order chi connectivity index (χ0) is 17.3. The fourth-order valence-corrected chi connectivity index (χ4v) is 2.47. The minimum absolute atomic E-state index is 0.0462. The molecule has 0 aromatic heterocycles. The number of hydrogen-bond acceptors (Lipinski definition) is 3. The normalized spacial score (nSPS) is 17.0. The molecular weight excluding hydrogens is 304 g/mol. The van der Waals surface area contributed by atoms with Crippen LogP contribution in [0.4, 0.5) is 14.5 Å². The summed E-state index contributed by atoms with van der Waals surface area (Å²) in [6.07, 6.45) is 0.425. The Labute approximate surface area is 134 Å². The molecule has 1 saturated carbocycles. The maximum absolute atomic E-state index is 14.1. The molecule has 0 atom stereocenters. The van der Waals surface area contributed by atoms with Gasteiger partial charge in [0.15, 0.2) is 0 Å². The highest BCUT2D eigenvalue weighted by atomic mass is 19.3. The fourth-order valence-electron chi connectivity index (χ4n) is 2.47. The lowest BCUT2D eigenvalue weighted by Crippen LogP contribution is -2.59. The number of rotatable bonds is 6. The molecule has 0 saturated heterocycles. The summed E-state index contributed by atoms with van der Waals surface area (Å²) in [4.78, 5) is 12.0. The van der Waals surface area contributed by atoms with Gasteiger partial charge < -0.3 is 15.2 Å². The summed E-state index contributed by atoms with van der Waals surface area (Å²) in [5, 5.41) is 12.1. The molecule has 23 heavy (non-hydrogen) atoms. The minimum Gasteiger partial charge on any atom is -0.383 e. The Balaban J connectivity index is 2.13. The van der Waals surface area contributed by atoms with Crippen molar-refractivity contribution in [2.75, 3.05) is 5.32 Å². The average molecular weight is 327 g/mol. The molecule has 1 fully saturated rings. The van der Waals surface area contributed by atoms with Gasteiger partial charge in [0.2, 0.25) is 0 Å². The van der Waals surface area contributed by atoms with Crippen molar-refractivity contribution in [3.05, 3.63) is 29.3 Å². The highest BCUT2D eigenvalue weighted by molar-refractivity contribution is 5.97. The van der Waals surface area contributed by atoms with Gasteiger partial charge in [-0.1, -0.05) is 12.1 Å². The van der Waals surface area contributed by atoms with Gasteiger partial charge in [-0.2, -0.15) is 8.78 Å². The Morgan fingerprint density at radius 3 is 2.61 bits per heavy atom. The second-order valence-electron chi connectivity index (χ2n) is 6.36. The first-order valence-electron chi connectivity index (χ1n) is 7.79. The highest BCUT2D eigenvalue weighted by Crippen LogP contribution is 2.44. The summed E-state index contributed by atoms with van der Waals surface area (Å²) in [6, 6.07) is 5.07. The van der Waals surface area contributed by atoms with Crippen LogP contribution in [0.3, 0.4) is 0 Å². The second-order valence-corrected chi connectivity index (χ2v) is 6.36. The van der Waals surface area contributed by atoms with E-state index >= 15 is 0 Å². The highest BCUT2D eigenvalue weighted by Gasteiger charge is 2.61. The Morgan fingerprint density at radius 2 is 2.09 bits per heavy atom. The first-order chi connectivity index (χ1) is 10.7. The van der Waals surface area contributed by atoms with E-state index in [0.717, 1.165) is 5.56 Å². The van der Waals surface area contributed by atoms with Crippen molar-refractivity contribution in [2.45, 2.75) is 64.3 Å². The quantitative estimate of drug-likeness (QED) is 0.842. The van der Waals surface area contributed by atoms with Crippen LogP contribution >= 0.6 is 0 Å². The number of halogens is 2. The second kappa shape index (κ2) is 6.53. The summed E-state index contributed by atoms with van der Waals surface area (Å²) in [5.41, 5.74) is -0.411. The number of carbonyl (C=O) groups is 1. The lowest BCUT2D eigenvalue weighted by Gasteiger charge is -2.41. The maximum Gasteiger partial charge on any atom is 0.352 e. The minimum atomic E-state index is -3.80. The summed E-state index contributed by atoms with van der Waals surface area (Å²) < 4.78 is 33.8. The molecule has 2 rings (SSSR count). The Morgan fingerprint density at radius 1 is 1.43 bits per heavy atom. The Kier molecular flexibility index (Phi) is 5.06. The zero-order valence-corrected chi connectivity index (χ0v) is 13.7. The van der Waals surface area contributed by atoms with Gasteiger partial charge in [0, 0.05) is 5.69 Å². The van der Waals surface area contributed by atoms with Crippen LogP contribution in [0.2, 0.25) is 0 Å². The molecule has 2 N–H and O–H groups in total. The molecule has 1 amide bonds. The number of benzene rings is 1. The maximum atomic E-state index is 14.1. The van der Waals surface area contributed by atoms with E-state index in [9.17, 15) is 18.7 Å². The largest absolute Gasteiger partial charge is 0.383 e. The summed E-state index contributed by atoms with van der Waals surface area (Å²) in [6.45, 7) is 5.89. The molecule has 0 unspecified atom stereocenters. The van der Waals surface area contributed by atoms with Crippen molar-refractivity contribution in [3.8, 4) is 0 Å². The van der Waals surface area contributed by atoms with Crippen LogP contribution < -0.4 is 5.32 Å². The van der Waals surface area contributed by atoms with Crippen molar-refractivity contribution < 1.29 is 23.4 Å². The number of ether oxygens (including phenoxy) is 1.